The molecule has 1 atom stereocenters. The Balaban J connectivity index is 1.86. The van der Waals surface area contributed by atoms with Crippen molar-refractivity contribution in [1.29, 1.82) is 0 Å². The highest BCUT2D eigenvalue weighted by molar-refractivity contribution is 7.99. The molecule has 0 aliphatic carbocycles. The van der Waals surface area contributed by atoms with Crippen LogP contribution in [-0.2, 0) is 6.54 Å². The van der Waals surface area contributed by atoms with Gasteiger partial charge in [-0.2, -0.15) is 0 Å². The molecule has 1 heterocycles. The van der Waals surface area contributed by atoms with Gasteiger partial charge in [-0.05, 0) is 18.6 Å². The van der Waals surface area contributed by atoms with E-state index in [-0.39, 0.29) is 11.2 Å². The van der Waals surface area contributed by atoms with Gasteiger partial charge >= 0.3 is 0 Å². The normalized spacial score (nSPS) is 12.6. The fraction of sp³-hybridized carbons (Fsp3) is 0.385. The molecule has 3 nitrogen and oxygen atoms in total. The van der Waals surface area contributed by atoms with E-state index in [9.17, 15) is 4.39 Å². The van der Waals surface area contributed by atoms with Gasteiger partial charge in [-0.1, -0.05) is 24.3 Å². The van der Waals surface area contributed by atoms with E-state index >= 15 is 0 Å². The second kappa shape index (κ2) is 6.91. The summed E-state index contributed by atoms with van der Waals surface area (Å²) in [5.74, 6) is 0.557. The second-order valence-electron chi connectivity index (χ2n) is 4.06. The molecule has 6 heteroatoms. The van der Waals surface area contributed by atoms with Gasteiger partial charge in [0.1, 0.15) is 11.5 Å². The molecular weight excluding hydrogens is 285 g/mol. The van der Waals surface area contributed by atoms with Gasteiger partial charge in [-0.25, -0.2) is 4.39 Å². The van der Waals surface area contributed by atoms with Crippen LogP contribution >= 0.6 is 23.4 Å². The minimum atomic E-state index is -0.182. The Bertz CT molecular complexity index is 532. The maximum atomic E-state index is 13.4. The Morgan fingerprint density at radius 3 is 2.95 bits per heavy atom. The van der Waals surface area contributed by atoms with E-state index in [0.29, 0.717) is 11.4 Å². The van der Waals surface area contributed by atoms with Crippen molar-refractivity contribution < 1.29 is 4.39 Å². The summed E-state index contributed by atoms with van der Waals surface area (Å²) < 4.78 is 15.1. The zero-order chi connectivity index (χ0) is 13.7. The molecular formula is C13H15ClFN3S. The number of hydrogen-bond donors (Lipinski definition) is 0. The number of aromatic nitrogens is 3. The first-order valence-corrected chi connectivity index (χ1v) is 7.54. The summed E-state index contributed by atoms with van der Waals surface area (Å²) in [6.07, 6.45) is 2.67. The van der Waals surface area contributed by atoms with Gasteiger partial charge < -0.3 is 0 Å². The summed E-state index contributed by atoms with van der Waals surface area (Å²) in [6, 6.07) is 6.76. The molecule has 0 bridgehead atoms. The number of rotatable bonds is 6. The van der Waals surface area contributed by atoms with Gasteiger partial charge in [0.25, 0.3) is 0 Å². The van der Waals surface area contributed by atoms with E-state index in [1.54, 1.807) is 16.8 Å². The van der Waals surface area contributed by atoms with Crippen LogP contribution in [0.4, 0.5) is 4.39 Å². The third kappa shape index (κ3) is 3.94. The van der Waals surface area contributed by atoms with E-state index in [0.717, 1.165) is 17.9 Å². The molecule has 1 aromatic carbocycles. The van der Waals surface area contributed by atoms with E-state index in [1.165, 1.54) is 17.8 Å². The standard InChI is InChI=1S/C13H15ClFN3S/c1-2-10(14)12-9-18(17-16-12)7-8-19-13-6-4-3-5-11(13)15/h3-6,9-10H,2,7-8H2,1H3. The third-order valence-corrected chi connectivity index (χ3v) is 4.21. The highest BCUT2D eigenvalue weighted by Gasteiger charge is 2.10. The highest BCUT2D eigenvalue weighted by atomic mass is 35.5. The van der Waals surface area contributed by atoms with Crippen LogP contribution in [-0.4, -0.2) is 20.7 Å². The van der Waals surface area contributed by atoms with Crippen LogP contribution in [0.3, 0.4) is 0 Å². The Labute approximate surface area is 121 Å². The average Bonchev–Trinajstić information content (AvgIpc) is 2.89. The van der Waals surface area contributed by atoms with Crippen LogP contribution in [0, 0.1) is 5.82 Å². The fourth-order valence-corrected chi connectivity index (χ4v) is 2.57. The summed E-state index contributed by atoms with van der Waals surface area (Å²) in [4.78, 5) is 0.659. The summed E-state index contributed by atoms with van der Waals surface area (Å²) >= 11 is 7.55. The quantitative estimate of drug-likeness (QED) is 0.599. The molecule has 0 aliphatic rings. The summed E-state index contributed by atoms with van der Waals surface area (Å²) in [7, 11) is 0. The average molecular weight is 300 g/mol. The van der Waals surface area contributed by atoms with Crippen molar-refractivity contribution in [2.75, 3.05) is 5.75 Å². The second-order valence-corrected chi connectivity index (χ2v) is 5.72. The van der Waals surface area contributed by atoms with Crippen molar-refractivity contribution >= 4 is 23.4 Å². The predicted octanol–water partition coefficient (Wildman–Crippen LogP) is 3.90. The van der Waals surface area contributed by atoms with Crippen molar-refractivity contribution in [1.82, 2.24) is 15.0 Å². The predicted molar refractivity (Wildman–Crippen MR) is 76.0 cm³/mol. The van der Waals surface area contributed by atoms with Gasteiger partial charge in [-0.3, -0.25) is 4.68 Å². The number of nitrogens with zero attached hydrogens (tertiary/aromatic N) is 3. The lowest BCUT2D eigenvalue weighted by Crippen LogP contribution is -2.01. The molecule has 2 aromatic rings. The van der Waals surface area contributed by atoms with E-state index in [2.05, 4.69) is 10.3 Å². The van der Waals surface area contributed by atoms with Gasteiger partial charge in [-0.15, -0.1) is 28.5 Å². The number of hydrogen-bond acceptors (Lipinski definition) is 3. The Morgan fingerprint density at radius 2 is 2.21 bits per heavy atom. The maximum Gasteiger partial charge on any atom is 0.136 e. The van der Waals surface area contributed by atoms with E-state index in [1.807, 2.05) is 19.2 Å². The zero-order valence-corrected chi connectivity index (χ0v) is 12.2. The number of aryl methyl sites for hydroxylation is 1. The van der Waals surface area contributed by atoms with Gasteiger partial charge in [0.05, 0.1) is 11.9 Å². The number of benzene rings is 1. The van der Waals surface area contributed by atoms with Crippen LogP contribution in [0.5, 0.6) is 0 Å². The monoisotopic (exact) mass is 299 g/mol. The number of alkyl halides is 1. The molecule has 1 unspecified atom stereocenters. The van der Waals surface area contributed by atoms with Gasteiger partial charge in [0.15, 0.2) is 0 Å². The summed E-state index contributed by atoms with van der Waals surface area (Å²) in [5.41, 5.74) is 0.792. The Morgan fingerprint density at radius 1 is 1.42 bits per heavy atom. The zero-order valence-electron chi connectivity index (χ0n) is 10.6. The largest absolute Gasteiger partial charge is 0.251 e. The molecule has 0 N–H and O–H groups in total. The first-order valence-electron chi connectivity index (χ1n) is 6.12. The van der Waals surface area contributed by atoms with Crippen molar-refractivity contribution in [2.24, 2.45) is 0 Å². The van der Waals surface area contributed by atoms with Crippen LogP contribution in [0.1, 0.15) is 24.4 Å². The lowest BCUT2D eigenvalue weighted by Gasteiger charge is -2.03. The van der Waals surface area contributed by atoms with Crippen LogP contribution in [0.25, 0.3) is 0 Å². The molecule has 0 saturated carbocycles. The molecule has 0 aliphatic heterocycles. The van der Waals surface area contributed by atoms with Crippen LogP contribution < -0.4 is 0 Å². The van der Waals surface area contributed by atoms with Crippen molar-refractivity contribution in [2.45, 2.75) is 30.2 Å². The van der Waals surface area contributed by atoms with Crippen LogP contribution in [0.15, 0.2) is 35.4 Å². The molecule has 0 saturated heterocycles. The van der Waals surface area contributed by atoms with Gasteiger partial charge in [0, 0.05) is 16.8 Å². The molecule has 0 fully saturated rings. The lowest BCUT2D eigenvalue weighted by molar-refractivity contribution is 0.600. The molecule has 0 spiro atoms. The SMILES string of the molecule is CCC(Cl)c1cn(CCSc2ccccc2F)nn1. The minimum absolute atomic E-state index is 0.0898. The molecule has 19 heavy (non-hydrogen) atoms. The molecule has 1 aromatic heterocycles. The topological polar surface area (TPSA) is 30.7 Å². The van der Waals surface area contributed by atoms with Crippen LogP contribution in [0.2, 0.25) is 0 Å². The summed E-state index contributed by atoms with van der Waals surface area (Å²) in [5, 5.41) is 7.95. The van der Waals surface area contributed by atoms with Gasteiger partial charge in [0.2, 0.25) is 0 Å². The molecule has 0 amide bonds. The molecule has 0 radical (unpaired) electrons. The van der Waals surface area contributed by atoms with Crippen molar-refractivity contribution in [3.05, 3.63) is 42.0 Å². The Kier molecular flexibility index (Phi) is 5.22. The smallest absolute Gasteiger partial charge is 0.136 e. The van der Waals surface area contributed by atoms with Crippen molar-refractivity contribution in [3.63, 3.8) is 0 Å². The molecule has 102 valence electrons. The fourth-order valence-electron chi connectivity index (χ4n) is 1.59. The third-order valence-electron chi connectivity index (χ3n) is 2.65. The first kappa shape index (κ1) is 14.3. The first-order chi connectivity index (χ1) is 9.20. The van der Waals surface area contributed by atoms with E-state index < -0.39 is 0 Å². The number of halogens is 2. The molecule has 2 rings (SSSR count). The summed E-state index contributed by atoms with van der Waals surface area (Å²) in [6.45, 7) is 2.68. The highest BCUT2D eigenvalue weighted by Crippen LogP contribution is 2.22. The van der Waals surface area contributed by atoms with Crippen molar-refractivity contribution in [3.8, 4) is 0 Å². The maximum absolute atomic E-state index is 13.4. The van der Waals surface area contributed by atoms with E-state index in [4.69, 9.17) is 11.6 Å². The lowest BCUT2D eigenvalue weighted by atomic mass is 10.3. The minimum Gasteiger partial charge on any atom is -0.251 e. The Hall–Kier alpha value is -1.07. The number of thioether (sulfide) groups is 1.